The van der Waals surface area contributed by atoms with E-state index in [-0.39, 0.29) is 17.9 Å². The Hall–Kier alpha value is -3.25. The van der Waals surface area contributed by atoms with Crippen molar-refractivity contribution < 1.29 is 23.8 Å². The number of hydrogen-bond acceptors (Lipinski definition) is 8. The molecular weight excluding hydrogens is 514 g/mol. The number of pyridine rings is 1. The Morgan fingerprint density at radius 3 is 2.67 bits per heavy atom. The fourth-order valence-electron chi connectivity index (χ4n) is 6.68. The minimum Gasteiger partial charge on any atom is -0.477 e. The molecule has 7 rings (SSSR count). The first kappa shape index (κ1) is 25.7. The Bertz CT molecular complexity index is 1280. The second kappa shape index (κ2) is 10.3. The third-order valence-electron chi connectivity index (χ3n) is 9.33. The van der Waals surface area contributed by atoms with Crippen LogP contribution in [0.4, 0.5) is 4.79 Å². The van der Waals surface area contributed by atoms with E-state index in [4.69, 9.17) is 19.2 Å². The third-order valence-corrected chi connectivity index (χ3v) is 9.33. The molecule has 40 heavy (non-hydrogen) atoms. The molecule has 5 aliphatic rings. The maximum atomic E-state index is 13.8. The van der Waals surface area contributed by atoms with Crippen LogP contribution in [0.25, 0.3) is 0 Å². The van der Waals surface area contributed by atoms with Crippen molar-refractivity contribution in [2.75, 3.05) is 59.7 Å². The van der Waals surface area contributed by atoms with Crippen LogP contribution in [0.5, 0.6) is 5.88 Å². The molecule has 12 heteroatoms. The molecule has 0 aromatic carbocycles. The van der Waals surface area contributed by atoms with Crippen LogP contribution in [0.2, 0.25) is 0 Å². The Kier molecular flexibility index (Phi) is 6.62. The molecule has 214 valence electrons. The standard InChI is InChI=1S/C28H37N7O5/c1-38-28-16-34(12-21(28)13-35(17-28)27(37)33-7-4-22-24(14-33)31-32-30-22)26(36)20-10-23(19-2-3-19)29-25(11-20)40-15-18-5-8-39-9-6-18/h10-11,18-19,21H,2-9,12-17H2,1H3,(H,30,31,32). The van der Waals surface area contributed by atoms with Crippen LogP contribution in [0.3, 0.4) is 0 Å². The van der Waals surface area contributed by atoms with Gasteiger partial charge in [0.15, 0.2) is 0 Å². The summed E-state index contributed by atoms with van der Waals surface area (Å²) in [6, 6.07) is 3.73. The van der Waals surface area contributed by atoms with Crippen molar-refractivity contribution in [3.8, 4) is 5.88 Å². The average Bonchev–Trinajstić information content (AvgIpc) is 3.48. The highest BCUT2D eigenvalue weighted by molar-refractivity contribution is 5.95. The number of amides is 3. The van der Waals surface area contributed by atoms with Crippen molar-refractivity contribution >= 4 is 11.9 Å². The number of carbonyl (C=O) groups excluding carboxylic acids is 2. The summed E-state index contributed by atoms with van der Waals surface area (Å²) in [5, 5.41) is 10.9. The van der Waals surface area contributed by atoms with E-state index >= 15 is 0 Å². The first-order valence-electron chi connectivity index (χ1n) is 14.5. The lowest BCUT2D eigenvalue weighted by Gasteiger charge is -2.32. The average molecular weight is 552 g/mol. The summed E-state index contributed by atoms with van der Waals surface area (Å²) < 4.78 is 17.7. The van der Waals surface area contributed by atoms with Crippen LogP contribution in [-0.4, -0.2) is 112 Å². The van der Waals surface area contributed by atoms with E-state index in [1.54, 1.807) is 13.2 Å². The van der Waals surface area contributed by atoms with Crippen LogP contribution >= 0.6 is 0 Å². The van der Waals surface area contributed by atoms with E-state index in [2.05, 4.69) is 15.4 Å². The third kappa shape index (κ3) is 4.81. The van der Waals surface area contributed by atoms with Gasteiger partial charge in [-0.3, -0.25) is 9.89 Å². The lowest BCUT2D eigenvalue weighted by molar-refractivity contribution is -0.0107. The predicted molar refractivity (Wildman–Crippen MR) is 142 cm³/mol. The molecule has 0 radical (unpaired) electrons. The number of ether oxygens (including phenoxy) is 3. The number of likely N-dealkylation sites (tertiary alicyclic amines) is 2. The molecule has 1 aliphatic carbocycles. The Morgan fingerprint density at radius 1 is 1.10 bits per heavy atom. The van der Waals surface area contributed by atoms with Gasteiger partial charge in [-0.25, -0.2) is 9.78 Å². The van der Waals surface area contributed by atoms with Crippen LogP contribution in [0, 0.1) is 11.8 Å². The second-order valence-electron chi connectivity index (χ2n) is 12.0. The normalized spacial score (nSPS) is 26.6. The van der Waals surface area contributed by atoms with Crippen molar-refractivity contribution in [1.29, 1.82) is 0 Å². The number of methoxy groups -OCH3 is 1. The molecule has 2 unspecified atom stereocenters. The summed E-state index contributed by atoms with van der Waals surface area (Å²) in [6.45, 7) is 5.24. The highest BCUT2D eigenvalue weighted by Crippen LogP contribution is 2.42. The summed E-state index contributed by atoms with van der Waals surface area (Å²) in [7, 11) is 1.69. The highest BCUT2D eigenvalue weighted by Gasteiger charge is 2.55. The van der Waals surface area contributed by atoms with Gasteiger partial charge in [0.25, 0.3) is 5.91 Å². The number of urea groups is 1. The number of aromatic nitrogens is 4. The quantitative estimate of drug-likeness (QED) is 0.577. The van der Waals surface area contributed by atoms with Gasteiger partial charge in [-0.15, -0.1) is 5.10 Å². The summed E-state index contributed by atoms with van der Waals surface area (Å²) in [4.78, 5) is 37.6. The number of rotatable bonds is 6. The van der Waals surface area contributed by atoms with Gasteiger partial charge in [0, 0.05) is 75.5 Å². The van der Waals surface area contributed by atoms with Gasteiger partial charge in [-0.1, -0.05) is 5.21 Å². The topological polar surface area (TPSA) is 126 Å². The van der Waals surface area contributed by atoms with Crippen molar-refractivity contribution in [3.63, 3.8) is 0 Å². The Morgan fingerprint density at radius 2 is 1.90 bits per heavy atom. The fourth-order valence-corrected chi connectivity index (χ4v) is 6.68. The van der Waals surface area contributed by atoms with E-state index < -0.39 is 5.60 Å². The van der Waals surface area contributed by atoms with Crippen LogP contribution < -0.4 is 4.74 Å². The number of nitrogens with one attached hydrogen (secondary N) is 1. The smallest absolute Gasteiger partial charge is 0.320 e. The summed E-state index contributed by atoms with van der Waals surface area (Å²) in [5.74, 6) is 1.41. The number of aromatic amines is 1. The zero-order chi connectivity index (χ0) is 27.3. The highest BCUT2D eigenvalue weighted by atomic mass is 16.5. The van der Waals surface area contributed by atoms with E-state index in [1.165, 1.54) is 0 Å². The number of hydrogen-bond donors (Lipinski definition) is 1. The van der Waals surface area contributed by atoms with Gasteiger partial charge in [0.1, 0.15) is 11.3 Å². The predicted octanol–water partition coefficient (Wildman–Crippen LogP) is 1.83. The maximum absolute atomic E-state index is 13.8. The summed E-state index contributed by atoms with van der Waals surface area (Å²) in [5.41, 5.74) is 2.82. The number of nitrogens with zero attached hydrogens (tertiary/aromatic N) is 6. The van der Waals surface area contributed by atoms with Crippen molar-refractivity contribution in [3.05, 3.63) is 34.8 Å². The van der Waals surface area contributed by atoms with Gasteiger partial charge < -0.3 is 28.9 Å². The first-order valence-corrected chi connectivity index (χ1v) is 14.5. The monoisotopic (exact) mass is 551 g/mol. The van der Waals surface area contributed by atoms with Gasteiger partial charge in [0.2, 0.25) is 5.88 Å². The lowest BCUT2D eigenvalue weighted by atomic mass is 9.95. The maximum Gasteiger partial charge on any atom is 0.320 e. The zero-order valence-corrected chi connectivity index (χ0v) is 23.0. The van der Waals surface area contributed by atoms with E-state index in [1.807, 2.05) is 20.8 Å². The van der Waals surface area contributed by atoms with Crippen molar-refractivity contribution in [2.24, 2.45) is 11.8 Å². The fraction of sp³-hybridized carbons (Fsp3) is 0.679. The van der Waals surface area contributed by atoms with Crippen LogP contribution in [0.1, 0.15) is 59.0 Å². The largest absolute Gasteiger partial charge is 0.477 e. The molecule has 1 N–H and O–H groups in total. The van der Waals surface area contributed by atoms with Gasteiger partial charge in [0.05, 0.1) is 31.9 Å². The molecule has 2 aromatic heterocycles. The molecule has 3 saturated heterocycles. The second-order valence-corrected chi connectivity index (χ2v) is 12.0. The molecule has 2 aromatic rings. The Labute approximate surface area is 233 Å². The molecule has 4 aliphatic heterocycles. The minimum absolute atomic E-state index is 0.00752. The Balaban J connectivity index is 1.03. The van der Waals surface area contributed by atoms with E-state index in [9.17, 15) is 9.59 Å². The molecule has 0 bridgehead atoms. The van der Waals surface area contributed by atoms with Crippen molar-refractivity contribution in [1.82, 2.24) is 35.1 Å². The number of H-pyrrole nitrogens is 1. The van der Waals surface area contributed by atoms with Gasteiger partial charge >= 0.3 is 6.03 Å². The van der Waals surface area contributed by atoms with Gasteiger partial charge in [-0.05, 0) is 37.7 Å². The number of carbonyl (C=O) groups is 2. The van der Waals surface area contributed by atoms with Gasteiger partial charge in [-0.2, -0.15) is 0 Å². The van der Waals surface area contributed by atoms with E-state index in [0.29, 0.717) is 69.2 Å². The zero-order valence-electron chi connectivity index (χ0n) is 23.0. The minimum atomic E-state index is -0.575. The molecule has 0 spiro atoms. The molecule has 12 nitrogen and oxygen atoms in total. The summed E-state index contributed by atoms with van der Waals surface area (Å²) >= 11 is 0. The molecule has 6 heterocycles. The van der Waals surface area contributed by atoms with E-state index in [0.717, 1.165) is 62.4 Å². The lowest BCUT2D eigenvalue weighted by Crippen LogP contribution is -2.48. The SMILES string of the molecule is COC12CN(C(=O)c3cc(OCC4CCOCC4)nc(C4CC4)c3)CC1CN(C(=O)N1CCc3[nH]nnc3C1)C2. The van der Waals surface area contributed by atoms with Crippen LogP contribution in [-0.2, 0) is 22.4 Å². The molecule has 2 atom stereocenters. The molecular formula is C28H37N7O5. The first-order chi connectivity index (χ1) is 19.5. The molecule has 4 fully saturated rings. The van der Waals surface area contributed by atoms with Crippen molar-refractivity contribution in [2.45, 2.75) is 50.2 Å². The molecule has 3 amide bonds. The van der Waals surface area contributed by atoms with Crippen LogP contribution in [0.15, 0.2) is 12.1 Å². The number of fused-ring (bicyclic) bond motifs is 2. The summed E-state index contributed by atoms with van der Waals surface area (Å²) in [6.07, 6.45) is 4.89. The molecule has 1 saturated carbocycles.